The van der Waals surface area contributed by atoms with E-state index in [0.29, 0.717) is 0 Å². The third kappa shape index (κ3) is 2.33. The van der Waals surface area contributed by atoms with Crippen LogP contribution in [0, 0.1) is 0 Å². The van der Waals surface area contributed by atoms with E-state index in [0.717, 1.165) is 24.5 Å². The van der Waals surface area contributed by atoms with Crippen molar-refractivity contribution in [2.75, 3.05) is 6.54 Å². The average Bonchev–Trinajstić information content (AvgIpc) is 2.67. The molecule has 0 saturated heterocycles. The second-order valence-electron chi connectivity index (χ2n) is 2.97. The lowest BCUT2D eigenvalue weighted by atomic mass is 10.4. The fourth-order valence-corrected chi connectivity index (χ4v) is 1.23. The summed E-state index contributed by atoms with van der Waals surface area (Å²) in [6.45, 7) is 6.59. The molecule has 14 heavy (non-hydrogen) atoms. The number of aliphatic hydroxyl groups excluding tert-OH is 1. The first kappa shape index (κ1) is 10.7. The van der Waals surface area contributed by atoms with Crippen molar-refractivity contribution in [2.24, 2.45) is 4.99 Å². The summed E-state index contributed by atoms with van der Waals surface area (Å²) in [5.74, 6) is 0.793. The number of aliphatic hydroxyl groups is 1. The predicted molar refractivity (Wildman–Crippen MR) is 58.5 cm³/mol. The average molecular weight is 192 g/mol. The van der Waals surface area contributed by atoms with Gasteiger partial charge in [0.1, 0.15) is 5.84 Å². The van der Waals surface area contributed by atoms with Crippen molar-refractivity contribution < 1.29 is 5.11 Å². The van der Waals surface area contributed by atoms with Crippen molar-refractivity contribution >= 4 is 5.84 Å². The molecule has 0 fully saturated rings. The van der Waals surface area contributed by atoms with Crippen LogP contribution in [0.3, 0.4) is 0 Å². The first-order chi connectivity index (χ1) is 6.83. The van der Waals surface area contributed by atoms with Crippen molar-refractivity contribution in [1.82, 2.24) is 4.57 Å². The van der Waals surface area contributed by atoms with Crippen LogP contribution in [0.2, 0.25) is 0 Å². The Morgan fingerprint density at radius 3 is 3.07 bits per heavy atom. The van der Waals surface area contributed by atoms with Crippen LogP contribution in [0.25, 0.3) is 0 Å². The molecule has 0 spiro atoms. The fourth-order valence-electron chi connectivity index (χ4n) is 1.23. The van der Waals surface area contributed by atoms with Gasteiger partial charge < -0.3 is 9.67 Å². The Balaban J connectivity index is 2.94. The molecule has 0 aliphatic heterocycles. The van der Waals surface area contributed by atoms with Crippen molar-refractivity contribution in [3.05, 3.63) is 36.7 Å². The third-order valence-corrected chi connectivity index (χ3v) is 1.92. The molecule has 1 N–H and O–H groups in total. The van der Waals surface area contributed by atoms with E-state index < -0.39 is 0 Å². The monoisotopic (exact) mass is 192 g/mol. The number of rotatable bonds is 4. The number of hydrogen-bond acceptors (Lipinski definition) is 2. The van der Waals surface area contributed by atoms with Gasteiger partial charge in [-0.15, -0.1) is 0 Å². The van der Waals surface area contributed by atoms with Crippen molar-refractivity contribution in [2.45, 2.75) is 20.0 Å². The summed E-state index contributed by atoms with van der Waals surface area (Å²) < 4.78 is 1.85. The van der Waals surface area contributed by atoms with E-state index in [2.05, 4.69) is 18.5 Å². The minimum Gasteiger partial charge on any atom is -0.390 e. The second-order valence-corrected chi connectivity index (χ2v) is 2.97. The molecule has 0 bridgehead atoms. The number of aromatic nitrogens is 1. The highest BCUT2D eigenvalue weighted by Crippen LogP contribution is 2.03. The number of hydrogen-bond donors (Lipinski definition) is 1. The van der Waals surface area contributed by atoms with E-state index in [1.165, 1.54) is 0 Å². The molecule has 0 saturated carbocycles. The van der Waals surface area contributed by atoms with Crippen molar-refractivity contribution in [3.63, 3.8) is 0 Å². The molecule has 1 heterocycles. The van der Waals surface area contributed by atoms with Crippen LogP contribution in [0.15, 0.2) is 36.0 Å². The Kier molecular flexibility index (Phi) is 4.13. The summed E-state index contributed by atoms with van der Waals surface area (Å²) in [5, 5.41) is 9.07. The molecule has 76 valence electrons. The normalized spacial score (nSPS) is 11.7. The number of nitrogens with zero attached hydrogens (tertiary/aromatic N) is 2. The maximum Gasteiger partial charge on any atom is 0.131 e. The molecule has 0 amide bonds. The zero-order valence-corrected chi connectivity index (χ0v) is 8.48. The smallest absolute Gasteiger partial charge is 0.131 e. The van der Waals surface area contributed by atoms with E-state index >= 15 is 0 Å². The lowest BCUT2D eigenvalue weighted by Crippen LogP contribution is -2.11. The second kappa shape index (κ2) is 5.40. The van der Waals surface area contributed by atoms with Gasteiger partial charge in [-0.1, -0.05) is 13.5 Å². The Morgan fingerprint density at radius 1 is 1.71 bits per heavy atom. The highest BCUT2D eigenvalue weighted by Gasteiger charge is 2.02. The maximum absolute atomic E-state index is 9.07. The van der Waals surface area contributed by atoms with Crippen LogP contribution in [0.4, 0.5) is 0 Å². The van der Waals surface area contributed by atoms with Gasteiger partial charge in [0.05, 0.1) is 6.61 Å². The summed E-state index contributed by atoms with van der Waals surface area (Å²) in [7, 11) is 0. The Labute approximate surface area is 84.4 Å². The molecule has 0 atom stereocenters. The molecule has 1 rings (SSSR count). The predicted octanol–water partition coefficient (Wildman–Crippen LogP) is 1.82. The summed E-state index contributed by atoms with van der Waals surface area (Å²) >= 11 is 0. The van der Waals surface area contributed by atoms with E-state index in [4.69, 9.17) is 5.11 Å². The van der Waals surface area contributed by atoms with E-state index in [1.807, 2.05) is 22.9 Å². The van der Waals surface area contributed by atoms with E-state index in [-0.39, 0.29) is 6.61 Å². The van der Waals surface area contributed by atoms with Crippen LogP contribution in [-0.2, 0) is 6.61 Å². The molecule has 0 aliphatic carbocycles. The van der Waals surface area contributed by atoms with Crippen LogP contribution in [0.1, 0.15) is 19.0 Å². The van der Waals surface area contributed by atoms with Crippen LogP contribution in [0.5, 0.6) is 0 Å². The first-order valence-electron chi connectivity index (χ1n) is 4.77. The van der Waals surface area contributed by atoms with Gasteiger partial charge in [0.15, 0.2) is 0 Å². The minimum atomic E-state index is 0.0198. The van der Waals surface area contributed by atoms with Crippen LogP contribution >= 0.6 is 0 Å². The highest BCUT2D eigenvalue weighted by molar-refractivity contribution is 5.94. The van der Waals surface area contributed by atoms with Gasteiger partial charge in [-0.25, -0.2) is 0 Å². The summed E-state index contributed by atoms with van der Waals surface area (Å²) in [4.78, 5) is 4.36. The SMILES string of the molecule is C=C/C(=N\CCC)n1cccc1CO. The summed E-state index contributed by atoms with van der Waals surface area (Å²) in [6, 6.07) is 3.75. The quantitative estimate of drug-likeness (QED) is 0.573. The largest absolute Gasteiger partial charge is 0.390 e. The van der Waals surface area contributed by atoms with Gasteiger partial charge in [0.25, 0.3) is 0 Å². The van der Waals surface area contributed by atoms with Gasteiger partial charge >= 0.3 is 0 Å². The molecule has 0 unspecified atom stereocenters. The fraction of sp³-hybridized carbons (Fsp3) is 0.364. The zero-order valence-electron chi connectivity index (χ0n) is 8.48. The van der Waals surface area contributed by atoms with Crippen LogP contribution < -0.4 is 0 Å². The molecular weight excluding hydrogens is 176 g/mol. The van der Waals surface area contributed by atoms with E-state index in [1.54, 1.807) is 6.08 Å². The Hall–Kier alpha value is -1.35. The lowest BCUT2D eigenvalue weighted by Gasteiger charge is -2.06. The third-order valence-electron chi connectivity index (χ3n) is 1.92. The molecular formula is C11H16N2O. The molecule has 3 nitrogen and oxygen atoms in total. The molecule has 0 aromatic carbocycles. The van der Waals surface area contributed by atoms with Gasteiger partial charge in [0.2, 0.25) is 0 Å². The lowest BCUT2D eigenvalue weighted by molar-refractivity contribution is 0.275. The number of aliphatic imine (C=N–C) groups is 1. The van der Waals surface area contributed by atoms with Gasteiger partial charge in [-0.3, -0.25) is 4.99 Å². The van der Waals surface area contributed by atoms with Crippen molar-refractivity contribution in [3.8, 4) is 0 Å². The maximum atomic E-state index is 9.07. The standard InChI is InChI=1S/C11H16N2O/c1-3-7-12-11(4-2)13-8-5-6-10(13)9-14/h4-6,8,14H,2-3,7,9H2,1H3/b12-11+. The molecule has 1 aromatic rings. The number of allylic oxidation sites excluding steroid dienone is 1. The Morgan fingerprint density at radius 2 is 2.50 bits per heavy atom. The minimum absolute atomic E-state index is 0.0198. The highest BCUT2D eigenvalue weighted by atomic mass is 16.3. The first-order valence-corrected chi connectivity index (χ1v) is 4.77. The van der Waals surface area contributed by atoms with Gasteiger partial charge in [-0.2, -0.15) is 0 Å². The molecule has 1 aromatic heterocycles. The summed E-state index contributed by atoms with van der Waals surface area (Å²) in [5.41, 5.74) is 0.833. The molecule has 0 aliphatic rings. The zero-order chi connectivity index (χ0) is 10.4. The Bertz CT molecular complexity index is 326. The topological polar surface area (TPSA) is 37.5 Å². The van der Waals surface area contributed by atoms with Gasteiger partial charge in [0, 0.05) is 18.4 Å². The van der Waals surface area contributed by atoms with Gasteiger partial charge in [-0.05, 0) is 24.6 Å². The van der Waals surface area contributed by atoms with Crippen molar-refractivity contribution in [1.29, 1.82) is 0 Å². The summed E-state index contributed by atoms with van der Waals surface area (Å²) in [6.07, 6.45) is 4.59. The molecule has 3 heteroatoms. The van der Waals surface area contributed by atoms with E-state index in [9.17, 15) is 0 Å². The molecule has 0 radical (unpaired) electrons. The van der Waals surface area contributed by atoms with Crippen LogP contribution in [-0.4, -0.2) is 22.1 Å².